The van der Waals surface area contributed by atoms with Crippen LogP contribution in [0, 0.1) is 0 Å². The zero-order valence-electron chi connectivity index (χ0n) is 8.82. The average molecular weight is 253 g/mol. The minimum absolute atomic E-state index is 0.0000551. The predicted molar refractivity (Wildman–Crippen MR) is 56.5 cm³/mol. The summed E-state index contributed by atoms with van der Waals surface area (Å²) in [7, 11) is -2.06. The zero-order valence-corrected chi connectivity index (χ0v) is 9.63. The molecule has 4 N–H and O–H groups in total. The molecular formula is C7H15N3O5S. The number of carbonyl (C=O) groups excluding carboxylic acids is 1. The molecule has 0 aromatic rings. The van der Waals surface area contributed by atoms with Crippen molar-refractivity contribution >= 4 is 22.0 Å². The number of rotatable bonds is 7. The summed E-state index contributed by atoms with van der Waals surface area (Å²) in [5.41, 5.74) is 0. The van der Waals surface area contributed by atoms with Crippen molar-refractivity contribution in [3.05, 3.63) is 0 Å². The average Bonchev–Trinajstić information content (AvgIpc) is 2.17. The van der Waals surface area contributed by atoms with Crippen molar-refractivity contribution in [2.24, 2.45) is 0 Å². The van der Waals surface area contributed by atoms with Crippen LogP contribution in [-0.2, 0) is 14.8 Å². The van der Waals surface area contributed by atoms with Crippen molar-refractivity contribution in [1.82, 2.24) is 15.4 Å². The number of carboxylic acid groups (broad SMARTS) is 1. The Morgan fingerprint density at radius 2 is 1.75 bits per heavy atom. The highest BCUT2D eigenvalue weighted by Crippen LogP contribution is 1.80. The number of hydrogen-bond acceptors (Lipinski definition) is 4. The lowest BCUT2D eigenvalue weighted by atomic mass is 10.4. The minimum atomic E-state index is -3.34. The molecule has 0 saturated carbocycles. The standard InChI is InChI=1S/C7H15N3O5S/c1-8-16(14,15)5-4-10-7(13)9-3-2-6(11)12/h8H,2-5H2,1H3,(H,11,12)(H2,9,10,13). The van der Waals surface area contributed by atoms with Crippen LogP contribution in [0.4, 0.5) is 4.79 Å². The van der Waals surface area contributed by atoms with Crippen LogP contribution in [0.5, 0.6) is 0 Å². The first-order valence-electron chi connectivity index (χ1n) is 4.52. The lowest BCUT2D eigenvalue weighted by Crippen LogP contribution is -2.40. The Bertz CT molecular complexity index is 340. The SMILES string of the molecule is CNS(=O)(=O)CCNC(=O)NCCC(=O)O. The molecule has 0 spiro atoms. The molecule has 2 amide bonds. The summed E-state index contributed by atoms with van der Waals surface area (Å²) >= 11 is 0. The number of amides is 2. The maximum Gasteiger partial charge on any atom is 0.314 e. The fourth-order valence-corrected chi connectivity index (χ4v) is 1.32. The predicted octanol–water partition coefficient (Wildman–Crippen LogP) is -1.69. The van der Waals surface area contributed by atoms with Crippen molar-refractivity contribution in [3.8, 4) is 0 Å². The molecule has 0 aliphatic carbocycles. The van der Waals surface area contributed by atoms with Crippen molar-refractivity contribution in [2.45, 2.75) is 6.42 Å². The number of aliphatic carboxylic acids is 1. The topological polar surface area (TPSA) is 125 Å². The molecule has 0 unspecified atom stereocenters. The Balaban J connectivity index is 3.63. The molecule has 0 aromatic carbocycles. The third kappa shape index (κ3) is 8.00. The summed E-state index contributed by atoms with van der Waals surface area (Å²) in [6.45, 7) is -0.0397. The third-order valence-electron chi connectivity index (χ3n) is 1.59. The van der Waals surface area contributed by atoms with Crippen LogP contribution < -0.4 is 15.4 Å². The highest BCUT2D eigenvalue weighted by atomic mass is 32.2. The fraction of sp³-hybridized carbons (Fsp3) is 0.714. The Morgan fingerprint density at radius 3 is 2.25 bits per heavy atom. The van der Waals surface area contributed by atoms with Crippen molar-refractivity contribution in [3.63, 3.8) is 0 Å². The first-order chi connectivity index (χ1) is 7.37. The van der Waals surface area contributed by atoms with E-state index in [9.17, 15) is 18.0 Å². The van der Waals surface area contributed by atoms with Crippen molar-refractivity contribution < 1.29 is 23.1 Å². The van der Waals surface area contributed by atoms with Crippen LogP contribution in [0.25, 0.3) is 0 Å². The van der Waals surface area contributed by atoms with Gasteiger partial charge in [0.05, 0.1) is 12.2 Å². The molecule has 0 saturated heterocycles. The lowest BCUT2D eigenvalue weighted by Gasteiger charge is -2.06. The molecule has 0 atom stereocenters. The highest BCUT2D eigenvalue weighted by Gasteiger charge is 2.07. The summed E-state index contributed by atoms with van der Waals surface area (Å²) in [5.74, 6) is -1.24. The van der Waals surface area contributed by atoms with Gasteiger partial charge in [-0.2, -0.15) is 0 Å². The fourth-order valence-electron chi connectivity index (χ4n) is 0.746. The second-order valence-corrected chi connectivity index (χ2v) is 4.90. The van der Waals surface area contributed by atoms with E-state index < -0.39 is 22.0 Å². The lowest BCUT2D eigenvalue weighted by molar-refractivity contribution is -0.136. The Morgan fingerprint density at radius 1 is 1.19 bits per heavy atom. The van der Waals surface area contributed by atoms with E-state index in [2.05, 4.69) is 15.4 Å². The number of hydrogen-bond donors (Lipinski definition) is 4. The number of urea groups is 1. The van der Waals surface area contributed by atoms with E-state index in [1.807, 2.05) is 0 Å². The molecule has 0 aromatic heterocycles. The van der Waals surface area contributed by atoms with Gasteiger partial charge in [-0.1, -0.05) is 0 Å². The molecule has 8 nitrogen and oxygen atoms in total. The first-order valence-corrected chi connectivity index (χ1v) is 6.17. The molecule has 0 aliphatic heterocycles. The van der Waals surface area contributed by atoms with E-state index >= 15 is 0 Å². The van der Waals surface area contributed by atoms with Gasteiger partial charge in [-0.3, -0.25) is 4.79 Å². The maximum atomic E-state index is 11.0. The molecule has 0 bridgehead atoms. The van der Waals surface area contributed by atoms with Gasteiger partial charge in [-0.15, -0.1) is 0 Å². The number of carboxylic acids is 1. The third-order valence-corrected chi connectivity index (χ3v) is 2.96. The molecular weight excluding hydrogens is 238 g/mol. The van der Waals surface area contributed by atoms with Gasteiger partial charge in [0.1, 0.15) is 0 Å². The summed E-state index contributed by atoms with van der Waals surface area (Å²) in [4.78, 5) is 21.1. The Labute approximate surface area is 93.5 Å². The van der Waals surface area contributed by atoms with Crippen molar-refractivity contribution in [1.29, 1.82) is 0 Å². The molecule has 0 fully saturated rings. The normalized spacial score (nSPS) is 10.8. The van der Waals surface area contributed by atoms with Gasteiger partial charge in [-0.25, -0.2) is 17.9 Å². The van der Waals surface area contributed by atoms with Crippen LogP contribution in [0.1, 0.15) is 6.42 Å². The number of nitrogens with one attached hydrogen (secondary N) is 3. The van der Waals surface area contributed by atoms with Gasteiger partial charge < -0.3 is 15.7 Å². The van der Waals surface area contributed by atoms with E-state index in [0.717, 1.165) is 0 Å². The van der Waals surface area contributed by atoms with Crippen LogP contribution in [-0.4, -0.2) is 51.4 Å². The molecule has 0 aliphatic rings. The van der Waals surface area contributed by atoms with Gasteiger partial charge in [0.15, 0.2) is 0 Å². The van der Waals surface area contributed by atoms with Gasteiger partial charge in [0.2, 0.25) is 10.0 Å². The number of carbonyl (C=O) groups is 2. The largest absolute Gasteiger partial charge is 0.481 e. The smallest absolute Gasteiger partial charge is 0.314 e. The summed E-state index contributed by atoms with van der Waals surface area (Å²) in [6, 6.07) is -0.590. The zero-order chi connectivity index (χ0) is 12.6. The van der Waals surface area contributed by atoms with Crippen LogP contribution >= 0.6 is 0 Å². The van der Waals surface area contributed by atoms with Crippen molar-refractivity contribution in [2.75, 3.05) is 25.9 Å². The second-order valence-electron chi connectivity index (χ2n) is 2.85. The summed E-state index contributed by atoms with van der Waals surface area (Å²) in [5, 5.41) is 12.8. The van der Waals surface area contributed by atoms with Gasteiger partial charge in [0, 0.05) is 13.1 Å². The van der Waals surface area contributed by atoms with E-state index in [0.29, 0.717) is 0 Å². The van der Waals surface area contributed by atoms with Crippen LogP contribution in [0.3, 0.4) is 0 Å². The van der Waals surface area contributed by atoms with E-state index in [1.165, 1.54) is 7.05 Å². The minimum Gasteiger partial charge on any atom is -0.481 e. The van der Waals surface area contributed by atoms with Crippen LogP contribution in [0.15, 0.2) is 0 Å². The molecule has 9 heteroatoms. The van der Waals surface area contributed by atoms with Gasteiger partial charge in [-0.05, 0) is 7.05 Å². The molecule has 0 rings (SSSR count). The van der Waals surface area contributed by atoms with Crippen LogP contribution in [0.2, 0.25) is 0 Å². The Kier molecular flexibility index (Phi) is 6.42. The summed E-state index contributed by atoms with van der Waals surface area (Å²) < 4.78 is 23.9. The highest BCUT2D eigenvalue weighted by molar-refractivity contribution is 7.89. The summed E-state index contributed by atoms with van der Waals surface area (Å²) in [6.07, 6.45) is -0.178. The second kappa shape index (κ2) is 7.01. The molecule has 94 valence electrons. The first kappa shape index (κ1) is 14.6. The quantitative estimate of drug-likeness (QED) is 0.431. The molecule has 0 heterocycles. The number of sulfonamides is 1. The molecule has 16 heavy (non-hydrogen) atoms. The van der Waals surface area contributed by atoms with Gasteiger partial charge in [0.25, 0.3) is 0 Å². The van der Waals surface area contributed by atoms with E-state index in [1.54, 1.807) is 0 Å². The van der Waals surface area contributed by atoms with E-state index in [4.69, 9.17) is 5.11 Å². The Hall–Kier alpha value is -1.35. The monoisotopic (exact) mass is 253 g/mol. The molecule has 0 radical (unpaired) electrons. The maximum absolute atomic E-state index is 11.0. The van der Waals surface area contributed by atoms with Gasteiger partial charge >= 0.3 is 12.0 Å². The van der Waals surface area contributed by atoms with E-state index in [-0.39, 0.29) is 25.3 Å².